The highest BCUT2D eigenvalue weighted by Gasteiger charge is 2.24. The molecule has 1 atom stereocenters. The van der Waals surface area contributed by atoms with Crippen molar-refractivity contribution in [2.75, 3.05) is 25.6 Å². The Morgan fingerprint density at radius 2 is 2.12 bits per heavy atom. The van der Waals surface area contributed by atoms with E-state index in [4.69, 9.17) is 9.47 Å². The largest absolute Gasteiger partial charge is 0.454 e. The Balaban J connectivity index is 1.40. The number of carbonyl (C=O) groups excluding carboxylic acids is 1. The molecule has 126 valence electrons. The number of fused-ring (bicyclic) bond motifs is 1. The molecule has 0 bridgehead atoms. The Kier molecular flexibility index (Phi) is 4.67. The number of thioether (sulfide) groups is 1. The zero-order valence-electron chi connectivity index (χ0n) is 13.3. The predicted octanol–water partition coefficient (Wildman–Crippen LogP) is 3.73. The van der Waals surface area contributed by atoms with Crippen molar-refractivity contribution in [1.82, 2.24) is 4.90 Å². The Bertz CT molecular complexity index is 717. The summed E-state index contributed by atoms with van der Waals surface area (Å²) in [5.74, 6) is 2.86. The third-order valence-corrected chi connectivity index (χ3v) is 6.46. The van der Waals surface area contributed by atoms with E-state index in [1.807, 2.05) is 34.2 Å². The van der Waals surface area contributed by atoms with Crippen LogP contribution in [0, 0.1) is 0 Å². The van der Waals surface area contributed by atoms with Crippen molar-refractivity contribution >= 4 is 29.0 Å². The molecule has 0 N–H and O–H groups in total. The van der Waals surface area contributed by atoms with Gasteiger partial charge in [0.25, 0.3) is 0 Å². The lowest BCUT2D eigenvalue weighted by atomic mass is 10.1. The highest BCUT2D eigenvalue weighted by atomic mass is 32.2. The second kappa shape index (κ2) is 7.07. The average Bonchev–Trinajstić information content (AvgIpc) is 3.20. The molecule has 2 aliphatic heterocycles. The molecule has 1 amide bonds. The van der Waals surface area contributed by atoms with Crippen LogP contribution in [0.4, 0.5) is 0 Å². The van der Waals surface area contributed by atoms with Crippen molar-refractivity contribution < 1.29 is 14.3 Å². The second-order valence-corrected chi connectivity index (χ2v) is 8.04. The maximum atomic E-state index is 12.5. The lowest BCUT2D eigenvalue weighted by Crippen LogP contribution is -2.34. The number of hydrogen-bond acceptors (Lipinski definition) is 5. The van der Waals surface area contributed by atoms with Gasteiger partial charge in [0.1, 0.15) is 0 Å². The van der Waals surface area contributed by atoms with Crippen molar-refractivity contribution in [2.24, 2.45) is 0 Å². The van der Waals surface area contributed by atoms with Crippen molar-refractivity contribution in [1.29, 1.82) is 0 Å². The highest BCUT2D eigenvalue weighted by molar-refractivity contribution is 7.99. The first-order valence-corrected chi connectivity index (χ1v) is 10.1. The van der Waals surface area contributed by atoms with Gasteiger partial charge in [0, 0.05) is 24.1 Å². The van der Waals surface area contributed by atoms with Gasteiger partial charge in [0.2, 0.25) is 12.7 Å². The Morgan fingerprint density at radius 1 is 1.21 bits per heavy atom. The Morgan fingerprint density at radius 3 is 3.00 bits per heavy atom. The molecule has 24 heavy (non-hydrogen) atoms. The number of amides is 1. The molecule has 3 heterocycles. The quantitative estimate of drug-likeness (QED) is 0.835. The fourth-order valence-corrected chi connectivity index (χ4v) is 4.97. The zero-order chi connectivity index (χ0) is 16.4. The van der Waals surface area contributed by atoms with Crippen LogP contribution in [0.5, 0.6) is 11.5 Å². The smallest absolute Gasteiger partial charge is 0.231 e. The first kappa shape index (κ1) is 15.8. The zero-order valence-corrected chi connectivity index (χ0v) is 14.9. The molecule has 6 heteroatoms. The van der Waals surface area contributed by atoms with Crippen LogP contribution in [0.3, 0.4) is 0 Å². The molecule has 0 radical (unpaired) electrons. The van der Waals surface area contributed by atoms with E-state index >= 15 is 0 Å². The van der Waals surface area contributed by atoms with Crippen LogP contribution in [-0.4, -0.2) is 36.4 Å². The standard InChI is InChI=1S/C18H19NO3S2/c20-18(9-13-4-7-23-11-13)19-5-3-17(24-8-6-19)14-1-2-15-16(10-14)22-12-21-15/h1-2,4,7,10-11,17H,3,5-6,8-9,12H2. The molecule has 2 aromatic rings. The van der Waals surface area contributed by atoms with Gasteiger partial charge in [-0.2, -0.15) is 23.1 Å². The molecule has 0 aliphatic carbocycles. The van der Waals surface area contributed by atoms with E-state index in [-0.39, 0.29) is 5.91 Å². The van der Waals surface area contributed by atoms with E-state index < -0.39 is 0 Å². The Labute approximate surface area is 149 Å². The minimum atomic E-state index is 0.236. The van der Waals surface area contributed by atoms with Gasteiger partial charge in [-0.05, 0) is 46.5 Å². The van der Waals surface area contributed by atoms with Crippen LogP contribution in [0.25, 0.3) is 0 Å². The fraction of sp³-hybridized carbons (Fsp3) is 0.389. The van der Waals surface area contributed by atoms with E-state index in [0.29, 0.717) is 18.5 Å². The normalized spacial score (nSPS) is 20.0. The molecule has 1 aromatic carbocycles. The van der Waals surface area contributed by atoms with Gasteiger partial charge >= 0.3 is 0 Å². The molecular formula is C18H19NO3S2. The van der Waals surface area contributed by atoms with Gasteiger partial charge in [-0.25, -0.2) is 0 Å². The summed E-state index contributed by atoms with van der Waals surface area (Å²) < 4.78 is 10.9. The molecule has 4 nitrogen and oxygen atoms in total. The highest BCUT2D eigenvalue weighted by Crippen LogP contribution is 2.40. The van der Waals surface area contributed by atoms with Crippen molar-refractivity contribution in [3.8, 4) is 11.5 Å². The SMILES string of the molecule is O=C(Cc1ccsc1)N1CCSC(c2ccc3c(c2)OCO3)CC1. The summed E-state index contributed by atoms with van der Waals surface area (Å²) in [6, 6.07) is 8.23. The van der Waals surface area contributed by atoms with Crippen LogP contribution < -0.4 is 9.47 Å². The molecule has 1 unspecified atom stereocenters. The lowest BCUT2D eigenvalue weighted by molar-refractivity contribution is -0.130. The monoisotopic (exact) mass is 361 g/mol. The number of carbonyl (C=O) groups is 1. The van der Waals surface area contributed by atoms with E-state index in [9.17, 15) is 4.79 Å². The van der Waals surface area contributed by atoms with Gasteiger partial charge in [-0.15, -0.1) is 0 Å². The Hall–Kier alpha value is -1.66. The number of hydrogen-bond donors (Lipinski definition) is 0. The number of benzene rings is 1. The summed E-state index contributed by atoms with van der Waals surface area (Å²) >= 11 is 3.57. The summed E-state index contributed by atoms with van der Waals surface area (Å²) in [5, 5.41) is 4.48. The van der Waals surface area contributed by atoms with Gasteiger partial charge in [0.15, 0.2) is 11.5 Å². The van der Waals surface area contributed by atoms with Crippen LogP contribution in [0.2, 0.25) is 0 Å². The van der Waals surface area contributed by atoms with Gasteiger partial charge in [-0.1, -0.05) is 6.07 Å². The lowest BCUT2D eigenvalue weighted by Gasteiger charge is -2.20. The first-order valence-electron chi connectivity index (χ1n) is 8.09. The molecule has 4 rings (SSSR count). The number of rotatable bonds is 3. The third kappa shape index (κ3) is 3.39. The summed E-state index contributed by atoms with van der Waals surface area (Å²) in [6.45, 7) is 1.95. The molecule has 0 spiro atoms. The van der Waals surface area contributed by atoms with Crippen LogP contribution in [-0.2, 0) is 11.2 Å². The number of ether oxygens (including phenoxy) is 2. The van der Waals surface area contributed by atoms with Gasteiger partial charge < -0.3 is 14.4 Å². The molecule has 1 saturated heterocycles. The minimum Gasteiger partial charge on any atom is -0.454 e. The molecule has 1 fully saturated rings. The second-order valence-electron chi connectivity index (χ2n) is 5.95. The minimum absolute atomic E-state index is 0.236. The molecule has 0 saturated carbocycles. The third-order valence-electron chi connectivity index (χ3n) is 4.40. The maximum absolute atomic E-state index is 12.5. The predicted molar refractivity (Wildman–Crippen MR) is 97.0 cm³/mol. The van der Waals surface area contributed by atoms with Crippen LogP contribution >= 0.6 is 23.1 Å². The molecule has 2 aliphatic rings. The maximum Gasteiger partial charge on any atom is 0.231 e. The van der Waals surface area contributed by atoms with Gasteiger partial charge in [0.05, 0.1) is 6.42 Å². The van der Waals surface area contributed by atoms with E-state index in [1.54, 1.807) is 11.3 Å². The van der Waals surface area contributed by atoms with Crippen LogP contribution in [0.15, 0.2) is 35.0 Å². The summed E-state index contributed by atoms with van der Waals surface area (Å²) in [4.78, 5) is 14.5. The summed E-state index contributed by atoms with van der Waals surface area (Å²) in [6.07, 6.45) is 1.49. The first-order chi connectivity index (χ1) is 11.8. The van der Waals surface area contributed by atoms with Gasteiger partial charge in [-0.3, -0.25) is 4.79 Å². The fourth-order valence-electron chi connectivity index (χ4n) is 3.08. The van der Waals surface area contributed by atoms with Crippen molar-refractivity contribution in [3.05, 3.63) is 46.2 Å². The summed E-state index contributed by atoms with van der Waals surface area (Å²) in [7, 11) is 0. The van der Waals surface area contributed by atoms with Crippen molar-refractivity contribution in [3.63, 3.8) is 0 Å². The summed E-state index contributed by atoms with van der Waals surface area (Å²) in [5.41, 5.74) is 2.38. The van der Waals surface area contributed by atoms with Crippen LogP contribution in [0.1, 0.15) is 22.8 Å². The number of nitrogens with zero attached hydrogens (tertiary/aromatic N) is 1. The molecular weight excluding hydrogens is 342 g/mol. The van der Waals surface area contributed by atoms with Crippen molar-refractivity contribution in [2.45, 2.75) is 18.1 Å². The van der Waals surface area contributed by atoms with E-state index in [1.165, 1.54) is 5.56 Å². The topological polar surface area (TPSA) is 38.8 Å². The molecule has 1 aromatic heterocycles. The van der Waals surface area contributed by atoms with E-state index in [2.05, 4.69) is 17.5 Å². The van der Waals surface area contributed by atoms with E-state index in [0.717, 1.165) is 42.3 Å². The average molecular weight is 361 g/mol. The number of thiophene rings is 1.